The van der Waals surface area contributed by atoms with E-state index in [0.717, 1.165) is 18.4 Å². The van der Waals surface area contributed by atoms with Crippen molar-refractivity contribution in [2.45, 2.75) is 37.8 Å². The van der Waals surface area contributed by atoms with Gasteiger partial charge < -0.3 is 21.3 Å². The van der Waals surface area contributed by atoms with Crippen LogP contribution >= 0.6 is 0 Å². The van der Waals surface area contributed by atoms with Crippen LogP contribution in [0.15, 0.2) is 54.6 Å². The summed E-state index contributed by atoms with van der Waals surface area (Å²) < 4.78 is 13.6. The molecule has 0 radical (unpaired) electrons. The van der Waals surface area contributed by atoms with Crippen LogP contribution in [-0.2, 0) is 11.3 Å². The Labute approximate surface area is 180 Å². The first-order valence-corrected chi connectivity index (χ1v) is 10.4. The third-order valence-corrected chi connectivity index (χ3v) is 5.36. The number of rotatable bonds is 8. The van der Waals surface area contributed by atoms with E-state index in [1.54, 1.807) is 6.07 Å². The molecule has 0 unspecified atom stereocenters. The van der Waals surface area contributed by atoms with Crippen LogP contribution in [0, 0.1) is 5.82 Å². The Morgan fingerprint density at radius 3 is 2.19 bits per heavy atom. The first-order chi connectivity index (χ1) is 15.0. The van der Waals surface area contributed by atoms with Crippen molar-refractivity contribution in [3.63, 3.8) is 0 Å². The van der Waals surface area contributed by atoms with E-state index in [0.29, 0.717) is 19.4 Å². The molecule has 31 heavy (non-hydrogen) atoms. The lowest BCUT2D eigenvalue weighted by atomic mass is 9.96. The van der Waals surface area contributed by atoms with Crippen LogP contribution in [0.5, 0.6) is 0 Å². The van der Waals surface area contributed by atoms with E-state index in [9.17, 15) is 18.8 Å². The molecule has 3 rings (SSSR count). The molecular formula is C23H27FN4O3. The highest BCUT2D eigenvalue weighted by molar-refractivity contribution is 5.94. The standard InChI is InChI=1S/C23H27FN4O3/c24-19-11-5-4-10-18(19)20(29)25-14-15-26-21(30)23(12-6-7-13-23)28-22(31)27-16-17-8-2-1-3-9-17/h1-5,8-11H,6-7,12-16H2,(H,25,29)(H,26,30)(H2,27,28,31). The van der Waals surface area contributed by atoms with Crippen LogP contribution in [0.25, 0.3) is 0 Å². The summed E-state index contributed by atoms with van der Waals surface area (Å²) >= 11 is 0. The summed E-state index contributed by atoms with van der Waals surface area (Å²) in [4.78, 5) is 37.2. The lowest BCUT2D eigenvalue weighted by Gasteiger charge is -2.29. The van der Waals surface area contributed by atoms with E-state index < -0.39 is 23.3 Å². The SMILES string of the molecule is O=C(NCc1ccccc1)NC1(C(=O)NCCNC(=O)c2ccccc2F)CCCC1. The molecular weight excluding hydrogens is 399 g/mol. The molecule has 1 aliphatic carbocycles. The first-order valence-electron chi connectivity index (χ1n) is 10.4. The van der Waals surface area contributed by atoms with Gasteiger partial charge in [0, 0.05) is 19.6 Å². The van der Waals surface area contributed by atoms with Gasteiger partial charge in [-0.1, -0.05) is 55.3 Å². The van der Waals surface area contributed by atoms with Gasteiger partial charge >= 0.3 is 6.03 Å². The minimum absolute atomic E-state index is 0.0437. The monoisotopic (exact) mass is 426 g/mol. The van der Waals surface area contributed by atoms with Crippen molar-refractivity contribution in [1.82, 2.24) is 21.3 Å². The second-order valence-electron chi connectivity index (χ2n) is 7.57. The van der Waals surface area contributed by atoms with Gasteiger partial charge in [-0.25, -0.2) is 9.18 Å². The third kappa shape index (κ3) is 6.04. The van der Waals surface area contributed by atoms with Crippen molar-refractivity contribution >= 4 is 17.8 Å². The zero-order valence-corrected chi connectivity index (χ0v) is 17.2. The molecule has 164 valence electrons. The summed E-state index contributed by atoms with van der Waals surface area (Å²) in [7, 11) is 0. The molecule has 0 atom stereocenters. The molecule has 7 nitrogen and oxygen atoms in total. The van der Waals surface area contributed by atoms with Crippen LogP contribution in [0.3, 0.4) is 0 Å². The van der Waals surface area contributed by atoms with Gasteiger partial charge in [0.1, 0.15) is 11.4 Å². The minimum atomic E-state index is -0.962. The maximum Gasteiger partial charge on any atom is 0.315 e. The van der Waals surface area contributed by atoms with Gasteiger partial charge in [0.15, 0.2) is 0 Å². The van der Waals surface area contributed by atoms with Gasteiger partial charge in [-0.05, 0) is 30.5 Å². The van der Waals surface area contributed by atoms with Crippen molar-refractivity contribution < 1.29 is 18.8 Å². The number of amides is 4. The van der Waals surface area contributed by atoms with Crippen LogP contribution in [0.1, 0.15) is 41.6 Å². The summed E-state index contributed by atoms with van der Waals surface area (Å²) in [5.74, 6) is -1.42. The van der Waals surface area contributed by atoms with Gasteiger partial charge in [-0.3, -0.25) is 9.59 Å². The number of carbonyl (C=O) groups is 3. The average Bonchev–Trinajstić information content (AvgIpc) is 3.25. The molecule has 0 saturated heterocycles. The van der Waals surface area contributed by atoms with Crippen LogP contribution < -0.4 is 21.3 Å². The van der Waals surface area contributed by atoms with Crippen LogP contribution in [0.4, 0.5) is 9.18 Å². The van der Waals surface area contributed by atoms with E-state index in [1.807, 2.05) is 30.3 Å². The highest BCUT2D eigenvalue weighted by Gasteiger charge is 2.42. The number of halogens is 1. The van der Waals surface area contributed by atoms with Gasteiger partial charge in [-0.2, -0.15) is 0 Å². The average molecular weight is 426 g/mol. The lowest BCUT2D eigenvalue weighted by Crippen LogP contribution is -2.59. The minimum Gasteiger partial charge on any atom is -0.352 e. The van der Waals surface area contributed by atoms with Crippen molar-refractivity contribution in [1.29, 1.82) is 0 Å². The lowest BCUT2D eigenvalue weighted by molar-refractivity contribution is -0.127. The molecule has 0 aliphatic heterocycles. The van der Waals surface area contributed by atoms with Crippen LogP contribution in [0.2, 0.25) is 0 Å². The predicted molar refractivity (Wildman–Crippen MR) is 115 cm³/mol. The zero-order valence-electron chi connectivity index (χ0n) is 17.2. The summed E-state index contributed by atoms with van der Waals surface area (Å²) in [6, 6.07) is 14.8. The fourth-order valence-corrected chi connectivity index (χ4v) is 3.69. The summed E-state index contributed by atoms with van der Waals surface area (Å²) in [5.41, 5.74) is -0.0398. The molecule has 4 amide bonds. The quantitative estimate of drug-likeness (QED) is 0.488. The largest absolute Gasteiger partial charge is 0.352 e. The Morgan fingerprint density at radius 2 is 1.48 bits per heavy atom. The molecule has 8 heteroatoms. The molecule has 0 heterocycles. The number of benzene rings is 2. The second-order valence-corrected chi connectivity index (χ2v) is 7.57. The van der Waals surface area contributed by atoms with E-state index >= 15 is 0 Å². The summed E-state index contributed by atoms with van der Waals surface area (Å²) in [6.07, 6.45) is 2.80. The van der Waals surface area contributed by atoms with Gasteiger partial charge in [0.05, 0.1) is 5.56 Å². The fraction of sp³-hybridized carbons (Fsp3) is 0.348. The summed E-state index contributed by atoms with van der Waals surface area (Å²) in [5, 5.41) is 11.0. The van der Waals surface area contributed by atoms with Crippen molar-refractivity contribution in [3.8, 4) is 0 Å². The van der Waals surface area contributed by atoms with Crippen molar-refractivity contribution in [2.75, 3.05) is 13.1 Å². The van der Waals surface area contributed by atoms with Crippen molar-refractivity contribution in [3.05, 3.63) is 71.5 Å². The number of urea groups is 1. The molecule has 1 fully saturated rings. The highest BCUT2D eigenvalue weighted by Crippen LogP contribution is 2.29. The number of carbonyl (C=O) groups excluding carboxylic acids is 3. The van der Waals surface area contributed by atoms with Crippen LogP contribution in [-0.4, -0.2) is 36.5 Å². The Balaban J connectivity index is 1.46. The zero-order chi connectivity index (χ0) is 22.1. The Morgan fingerprint density at radius 1 is 0.839 bits per heavy atom. The van der Waals surface area contributed by atoms with Gasteiger partial charge in [-0.15, -0.1) is 0 Å². The van der Waals surface area contributed by atoms with E-state index in [4.69, 9.17) is 0 Å². The van der Waals surface area contributed by atoms with Crippen molar-refractivity contribution in [2.24, 2.45) is 0 Å². The molecule has 2 aromatic rings. The van der Waals surface area contributed by atoms with E-state index in [1.165, 1.54) is 18.2 Å². The molecule has 0 aromatic heterocycles. The maximum atomic E-state index is 13.6. The number of hydrogen-bond donors (Lipinski definition) is 4. The smallest absolute Gasteiger partial charge is 0.315 e. The predicted octanol–water partition coefficient (Wildman–Crippen LogP) is 2.48. The maximum absolute atomic E-state index is 13.6. The molecule has 0 bridgehead atoms. The second kappa shape index (κ2) is 10.6. The Bertz CT molecular complexity index is 914. The number of hydrogen-bond acceptors (Lipinski definition) is 3. The molecule has 2 aromatic carbocycles. The Hall–Kier alpha value is -3.42. The normalized spacial score (nSPS) is 14.5. The topological polar surface area (TPSA) is 99.3 Å². The highest BCUT2D eigenvalue weighted by atomic mass is 19.1. The summed E-state index contributed by atoms with van der Waals surface area (Å²) in [6.45, 7) is 0.690. The third-order valence-electron chi connectivity index (χ3n) is 5.36. The van der Waals surface area contributed by atoms with E-state index in [-0.39, 0.29) is 24.6 Å². The molecule has 0 spiro atoms. The van der Waals surface area contributed by atoms with Gasteiger partial charge in [0.2, 0.25) is 5.91 Å². The molecule has 4 N–H and O–H groups in total. The first kappa shape index (κ1) is 22.3. The number of nitrogens with one attached hydrogen (secondary N) is 4. The molecule has 1 saturated carbocycles. The Kier molecular flexibility index (Phi) is 7.59. The molecule has 1 aliphatic rings. The van der Waals surface area contributed by atoms with Gasteiger partial charge in [0.25, 0.3) is 5.91 Å². The fourth-order valence-electron chi connectivity index (χ4n) is 3.69. The van der Waals surface area contributed by atoms with E-state index in [2.05, 4.69) is 21.3 Å².